The molecule has 1 heterocycles. The first-order valence-corrected chi connectivity index (χ1v) is 6.58. The van der Waals surface area contributed by atoms with Crippen molar-refractivity contribution in [1.82, 2.24) is 5.32 Å². The first-order valence-electron chi connectivity index (χ1n) is 6.58. The second-order valence-electron chi connectivity index (χ2n) is 5.25. The molecule has 1 atom stereocenters. The van der Waals surface area contributed by atoms with Gasteiger partial charge in [0.2, 0.25) is 0 Å². The summed E-state index contributed by atoms with van der Waals surface area (Å²) in [5.74, 6) is 0. The van der Waals surface area contributed by atoms with Gasteiger partial charge in [0.05, 0.1) is 6.61 Å². The number of rotatable bonds is 5. The van der Waals surface area contributed by atoms with Crippen LogP contribution in [0.5, 0.6) is 0 Å². The number of hydrogen-bond acceptors (Lipinski definition) is 2. The van der Waals surface area contributed by atoms with Crippen LogP contribution in [-0.2, 0) is 11.2 Å². The zero-order valence-electron chi connectivity index (χ0n) is 11.0. The van der Waals surface area contributed by atoms with Crippen molar-refractivity contribution in [3.63, 3.8) is 0 Å². The van der Waals surface area contributed by atoms with Crippen LogP contribution in [0.2, 0.25) is 0 Å². The quantitative estimate of drug-likeness (QED) is 0.844. The van der Waals surface area contributed by atoms with Gasteiger partial charge in [0.1, 0.15) is 0 Å². The van der Waals surface area contributed by atoms with Gasteiger partial charge in [-0.05, 0) is 31.9 Å². The normalized spacial score (nSPS) is 24.1. The highest BCUT2D eigenvalue weighted by molar-refractivity contribution is 5.22. The van der Waals surface area contributed by atoms with Crippen molar-refractivity contribution in [2.24, 2.45) is 5.41 Å². The topological polar surface area (TPSA) is 21.3 Å². The lowest BCUT2D eigenvalue weighted by atomic mass is 9.80. The predicted molar refractivity (Wildman–Crippen MR) is 71.3 cm³/mol. The molecule has 1 aromatic rings. The molecule has 2 rings (SSSR count). The van der Waals surface area contributed by atoms with Gasteiger partial charge in [-0.1, -0.05) is 36.8 Å². The number of hydrogen-bond donors (Lipinski definition) is 1. The third-order valence-corrected chi connectivity index (χ3v) is 3.63. The van der Waals surface area contributed by atoms with Gasteiger partial charge in [-0.2, -0.15) is 0 Å². The molecule has 1 N–H and O–H groups in total. The fraction of sp³-hybridized carbons (Fsp3) is 0.600. The van der Waals surface area contributed by atoms with E-state index in [4.69, 9.17) is 4.74 Å². The molecule has 2 nitrogen and oxygen atoms in total. The first kappa shape index (κ1) is 12.6. The number of ether oxygens (including phenoxy) is 1. The maximum Gasteiger partial charge on any atom is 0.0538 e. The SMILES string of the molecule is CCNCC1(Cc2ccc(C)cc2)CCOC1. The minimum Gasteiger partial charge on any atom is -0.381 e. The third-order valence-electron chi connectivity index (χ3n) is 3.63. The molecule has 1 fully saturated rings. The van der Waals surface area contributed by atoms with Crippen molar-refractivity contribution in [3.05, 3.63) is 35.4 Å². The lowest BCUT2D eigenvalue weighted by Gasteiger charge is -2.27. The summed E-state index contributed by atoms with van der Waals surface area (Å²) in [6.07, 6.45) is 2.30. The summed E-state index contributed by atoms with van der Waals surface area (Å²) < 4.78 is 5.61. The molecule has 0 amide bonds. The average Bonchev–Trinajstić information content (AvgIpc) is 2.79. The molecule has 1 aromatic carbocycles. The zero-order chi connectivity index (χ0) is 12.1. The summed E-state index contributed by atoms with van der Waals surface area (Å²) in [4.78, 5) is 0. The Balaban J connectivity index is 2.04. The molecule has 0 spiro atoms. The lowest BCUT2D eigenvalue weighted by Crippen LogP contribution is -2.36. The first-order chi connectivity index (χ1) is 8.24. The standard InChI is InChI=1S/C15H23NO/c1-3-16-11-15(8-9-17-12-15)10-14-6-4-13(2)5-7-14/h4-7,16H,3,8-12H2,1-2H3. The van der Waals surface area contributed by atoms with Crippen molar-refractivity contribution >= 4 is 0 Å². The number of aryl methyl sites for hydroxylation is 1. The molecule has 1 aliphatic rings. The van der Waals surface area contributed by atoms with Crippen molar-refractivity contribution in [1.29, 1.82) is 0 Å². The van der Waals surface area contributed by atoms with Crippen LogP contribution in [0.1, 0.15) is 24.5 Å². The van der Waals surface area contributed by atoms with E-state index in [2.05, 4.69) is 43.4 Å². The second-order valence-corrected chi connectivity index (χ2v) is 5.25. The Morgan fingerprint density at radius 2 is 2.06 bits per heavy atom. The molecule has 0 bridgehead atoms. The number of nitrogens with one attached hydrogen (secondary N) is 1. The zero-order valence-corrected chi connectivity index (χ0v) is 11.0. The van der Waals surface area contributed by atoms with Crippen molar-refractivity contribution in [3.8, 4) is 0 Å². The van der Waals surface area contributed by atoms with Crippen LogP contribution in [0, 0.1) is 12.3 Å². The summed E-state index contributed by atoms with van der Waals surface area (Å²) in [7, 11) is 0. The Morgan fingerprint density at radius 3 is 2.65 bits per heavy atom. The Kier molecular flexibility index (Phi) is 4.19. The van der Waals surface area contributed by atoms with Gasteiger partial charge in [0.25, 0.3) is 0 Å². The Hall–Kier alpha value is -0.860. The van der Waals surface area contributed by atoms with E-state index in [9.17, 15) is 0 Å². The second kappa shape index (κ2) is 5.65. The fourth-order valence-electron chi connectivity index (χ4n) is 2.52. The Bertz CT molecular complexity index is 338. The van der Waals surface area contributed by atoms with E-state index in [0.717, 1.165) is 32.7 Å². The molecular weight excluding hydrogens is 210 g/mol. The van der Waals surface area contributed by atoms with Gasteiger partial charge < -0.3 is 10.1 Å². The van der Waals surface area contributed by atoms with Crippen LogP contribution >= 0.6 is 0 Å². The van der Waals surface area contributed by atoms with Crippen LogP contribution in [-0.4, -0.2) is 26.3 Å². The Labute approximate surface area is 104 Å². The van der Waals surface area contributed by atoms with E-state index in [1.54, 1.807) is 0 Å². The maximum atomic E-state index is 5.61. The molecule has 1 saturated heterocycles. The average molecular weight is 233 g/mol. The number of benzene rings is 1. The molecule has 17 heavy (non-hydrogen) atoms. The predicted octanol–water partition coefficient (Wildman–Crippen LogP) is 2.55. The van der Waals surface area contributed by atoms with E-state index < -0.39 is 0 Å². The highest BCUT2D eigenvalue weighted by Crippen LogP contribution is 2.32. The van der Waals surface area contributed by atoms with Crippen LogP contribution in [0.3, 0.4) is 0 Å². The smallest absolute Gasteiger partial charge is 0.0538 e. The molecule has 2 heteroatoms. The molecular formula is C15H23NO. The molecule has 0 saturated carbocycles. The highest BCUT2D eigenvalue weighted by atomic mass is 16.5. The van der Waals surface area contributed by atoms with Gasteiger partial charge in [-0.3, -0.25) is 0 Å². The van der Waals surface area contributed by atoms with Crippen molar-refractivity contribution in [2.45, 2.75) is 26.7 Å². The van der Waals surface area contributed by atoms with E-state index in [1.807, 2.05) is 0 Å². The van der Waals surface area contributed by atoms with Crippen molar-refractivity contribution < 1.29 is 4.74 Å². The minimum atomic E-state index is 0.311. The van der Waals surface area contributed by atoms with Gasteiger partial charge in [0.15, 0.2) is 0 Å². The fourth-order valence-corrected chi connectivity index (χ4v) is 2.52. The lowest BCUT2D eigenvalue weighted by molar-refractivity contribution is 0.149. The van der Waals surface area contributed by atoms with Gasteiger partial charge in [-0.25, -0.2) is 0 Å². The monoisotopic (exact) mass is 233 g/mol. The molecule has 0 aliphatic carbocycles. The summed E-state index contributed by atoms with van der Waals surface area (Å²) in [5, 5.41) is 3.48. The van der Waals surface area contributed by atoms with E-state index in [1.165, 1.54) is 17.5 Å². The molecule has 1 aliphatic heterocycles. The minimum absolute atomic E-state index is 0.311. The Morgan fingerprint density at radius 1 is 1.29 bits per heavy atom. The van der Waals surface area contributed by atoms with E-state index in [0.29, 0.717) is 5.41 Å². The van der Waals surface area contributed by atoms with Crippen LogP contribution < -0.4 is 5.32 Å². The van der Waals surface area contributed by atoms with E-state index >= 15 is 0 Å². The summed E-state index contributed by atoms with van der Waals surface area (Å²) in [6.45, 7) is 8.21. The van der Waals surface area contributed by atoms with Gasteiger partial charge in [-0.15, -0.1) is 0 Å². The molecule has 0 radical (unpaired) electrons. The molecule has 94 valence electrons. The summed E-state index contributed by atoms with van der Waals surface area (Å²) >= 11 is 0. The summed E-state index contributed by atoms with van der Waals surface area (Å²) in [6, 6.07) is 8.90. The van der Waals surface area contributed by atoms with Crippen LogP contribution in [0.15, 0.2) is 24.3 Å². The van der Waals surface area contributed by atoms with Gasteiger partial charge in [0, 0.05) is 18.6 Å². The van der Waals surface area contributed by atoms with Crippen LogP contribution in [0.25, 0.3) is 0 Å². The van der Waals surface area contributed by atoms with Crippen LogP contribution in [0.4, 0.5) is 0 Å². The molecule has 1 unspecified atom stereocenters. The molecule has 0 aromatic heterocycles. The van der Waals surface area contributed by atoms with Gasteiger partial charge >= 0.3 is 0 Å². The third kappa shape index (κ3) is 3.30. The van der Waals surface area contributed by atoms with Crippen molar-refractivity contribution in [2.75, 3.05) is 26.3 Å². The largest absolute Gasteiger partial charge is 0.381 e. The highest BCUT2D eigenvalue weighted by Gasteiger charge is 2.34. The maximum absolute atomic E-state index is 5.61. The van der Waals surface area contributed by atoms with E-state index in [-0.39, 0.29) is 0 Å². The summed E-state index contributed by atoms with van der Waals surface area (Å²) in [5.41, 5.74) is 3.07.